The Labute approximate surface area is 328 Å². The number of aliphatic hydroxyl groups excluding tert-OH is 4. The molecule has 12 N–H and O–H groups in total. The van der Waals surface area contributed by atoms with Gasteiger partial charge in [-0.15, -0.1) is 0 Å². The van der Waals surface area contributed by atoms with Gasteiger partial charge in [0, 0.05) is 30.7 Å². The molecule has 2 saturated heterocycles. The minimum atomic E-state index is -5.56. The predicted octanol–water partition coefficient (Wildman–Crippen LogP) is -3.20. The Balaban J connectivity index is 1.40. The van der Waals surface area contributed by atoms with Crippen molar-refractivity contribution in [3.05, 3.63) is 12.7 Å². The second kappa shape index (κ2) is 19.4. The van der Waals surface area contributed by atoms with Gasteiger partial charge in [0.05, 0.1) is 26.1 Å². The highest BCUT2D eigenvalue weighted by Gasteiger charge is 2.52. The van der Waals surface area contributed by atoms with Crippen molar-refractivity contribution in [3.63, 3.8) is 0 Å². The van der Waals surface area contributed by atoms with Gasteiger partial charge < -0.3 is 70.6 Å². The van der Waals surface area contributed by atoms with E-state index in [1.807, 2.05) is 0 Å². The molecule has 0 spiro atoms. The highest BCUT2D eigenvalue weighted by Crippen LogP contribution is 2.61. The molecule has 4 heterocycles. The summed E-state index contributed by atoms with van der Waals surface area (Å²) in [6.45, 7) is -0.144. The number of fused-ring (bicyclic) bond motifs is 1. The van der Waals surface area contributed by atoms with Crippen LogP contribution in [0, 0.1) is 5.41 Å². The van der Waals surface area contributed by atoms with Gasteiger partial charge in [-0.1, -0.05) is 13.8 Å². The quantitative estimate of drug-likeness (QED) is 0.0433. The van der Waals surface area contributed by atoms with Crippen molar-refractivity contribution in [2.45, 2.75) is 75.5 Å². The molecule has 324 valence electrons. The number of ether oxygens (including phenoxy) is 3. The third kappa shape index (κ3) is 12.9. The largest absolute Gasteiger partial charge is 0.481 e. The Morgan fingerprint density at radius 3 is 2.26 bits per heavy atom. The van der Waals surface area contributed by atoms with Crippen LogP contribution in [0.1, 0.15) is 26.5 Å². The van der Waals surface area contributed by atoms with Gasteiger partial charge in [0.2, 0.25) is 11.8 Å². The van der Waals surface area contributed by atoms with Crippen molar-refractivity contribution < 1.29 is 95.4 Å². The average molecular weight is 900 g/mol. The average Bonchev–Trinajstić information content (AvgIpc) is 3.77. The van der Waals surface area contributed by atoms with E-state index in [2.05, 4.69) is 47.0 Å². The van der Waals surface area contributed by atoms with E-state index in [1.165, 1.54) is 18.4 Å². The number of amides is 2. The number of thiol groups is 1. The number of hydrogen-bond acceptors (Lipinski definition) is 21. The SMILES string of the molecule is CC(C)(COP(=O)(O)OP(=O)(O)OCC1OC(n2cnc3c(N)ncnc32)C(OC2OC(COP(=O)(O)O)C(O)C2O)C1O)C(O)C(=O)NCCC(=O)NCCS. The van der Waals surface area contributed by atoms with Gasteiger partial charge in [0.1, 0.15) is 54.6 Å². The van der Waals surface area contributed by atoms with Crippen molar-refractivity contribution in [2.75, 3.05) is 44.4 Å². The van der Waals surface area contributed by atoms with Crippen LogP contribution in [0.25, 0.3) is 11.2 Å². The zero-order chi connectivity index (χ0) is 42.5. The fraction of sp³-hybridized carbons (Fsp3) is 0.731. The molecule has 11 atom stereocenters. The summed E-state index contributed by atoms with van der Waals surface area (Å²) < 4.78 is 73.1. The lowest BCUT2D eigenvalue weighted by atomic mass is 9.87. The summed E-state index contributed by atoms with van der Waals surface area (Å²) in [7, 11) is -16.1. The number of carbonyl (C=O) groups excluding carboxylic acids is 2. The Bertz CT molecular complexity index is 1860. The topological polar surface area (TPSA) is 405 Å². The fourth-order valence-electron chi connectivity index (χ4n) is 5.28. The molecule has 4 rings (SSSR count). The lowest BCUT2D eigenvalue weighted by Crippen LogP contribution is -2.46. The van der Waals surface area contributed by atoms with Crippen LogP contribution >= 0.6 is 36.1 Å². The second-order valence-corrected chi connectivity index (χ2v) is 17.9. The van der Waals surface area contributed by atoms with Crippen LogP contribution in [0.2, 0.25) is 0 Å². The molecule has 2 fully saturated rings. The Morgan fingerprint density at radius 1 is 0.947 bits per heavy atom. The molecule has 27 nitrogen and oxygen atoms in total. The Kier molecular flexibility index (Phi) is 16.1. The van der Waals surface area contributed by atoms with Crippen LogP contribution < -0.4 is 16.4 Å². The van der Waals surface area contributed by atoms with E-state index >= 15 is 0 Å². The number of carbonyl (C=O) groups is 2. The summed E-state index contributed by atoms with van der Waals surface area (Å²) >= 11 is 3.96. The second-order valence-electron chi connectivity index (χ2n) is 13.1. The smallest absolute Gasteiger partial charge is 0.387 e. The van der Waals surface area contributed by atoms with E-state index in [4.69, 9.17) is 38.8 Å². The highest BCUT2D eigenvalue weighted by atomic mass is 32.1. The first-order chi connectivity index (χ1) is 26.4. The summed E-state index contributed by atoms with van der Waals surface area (Å²) in [5, 5.41) is 47.6. The molecular formula is C26H44N7O20P3S. The third-order valence-electron chi connectivity index (χ3n) is 8.27. The number of hydrogen-bond donors (Lipinski definition) is 12. The summed E-state index contributed by atoms with van der Waals surface area (Å²) in [5.41, 5.74) is 4.37. The Hall–Kier alpha value is -2.27. The van der Waals surface area contributed by atoms with E-state index in [1.54, 1.807) is 0 Å². The van der Waals surface area contributed by atoms with Gasteiger partial charge in [-0.2, -0.15) is 16.9 Å². The van der Waals surface area contributed by atoms with E-state index in [0.717, 1.165) is 12.7 Å². The van der Waals surface area contributed by atoms with Crippen molar-refractivity contribution in [3.8, 4) is 0 Å². The molecule has 2 aromatic rings. The zero-order valence-corrected chi connectivity index (χ0v) is 33.5. The molecule has 0 aliphatic carbocycles. The highest BCUT2D eigenvalue weighted by molar-refractivity contribution is 7.80. The minimum Gasteiger partial charge on any atom is -0.387 e. The lowest BCUT2D eigenvalue weighted by Gasteiger charge is -2.30. The molecule has 0 aromatic carbocycles. The molecule has 11 unspecified atom stereocenters. The van der Waals surface area contributed by atoms with Gasteiger partial charge in [-0.25, -0.2) is 28.6 Å². The van der Waals surface area contributed by atoms with E-state index in [9.17, 15) is 53.5 Å². The normalized spacial score (nSPS) is 28.2. The molecule has 0 saturated carbocycles. The predicted molar refractivity (Wildman–Crippen MR) is 190 cm³/mol. The Morgan fingerprint density at radius 2 is 1.60 bits per heavy atom. The number of imidazole rings is 1. The molecule has 2 aromatic heterocycles. The number of nitrogen functional groups attached to an aromatic ring is 1. The zero-order valence-electron chi connectivity index (χ0n) is 29.9. The maximum atomic E-state index is 12.8. The molecule has 2 aliphatic rings. The van der Waals surface area contributed by atoms with Crippen LogP contribution in [0.3, 0.4) is 0 Å². The van der Waals surface area contributed by atoms with Crippen LogP contribution in [0.5, 0.6) is 0 Å². The molecule has 2 aliphatic heterocycles. The van der Waals surface area contributed by atoms with Crippen molar-refractivity contribution in [1.82, 2.24) is 30.2 Å². The number of nitrogens with one attached hydrogen (secondary N) is 2. The first kappa shape index (κ1) is 47.4. The van der Waals surface area contributed by atoms with Crippen LogP contribution in [0.4, 0.5) is 5.82 Å². The number of aliphatic hydroxyl groups is 4. The van der Waals surface area contributed by atoms with Gasteiger partial charge in [-0.05, 0) is 0 Å². The summed E-state index contributed by atoms with van der Waals surface area (Å²) in [4.78, 5) is 74.7. The molecule has 2 amide bonds. The van der Waals surface area contributed by atoms with E-state index in [-0.39, 0.29) is 35.9 Å². The number of nitrogens with two attached hydrogens (primary N) is 1. The molecular weight excluding hydrogens is 855 g/mol. The summed E-state index contributed by atoms with van der Waals surface area (Å²) in [6.07, 6.45) is -13.4. The van der Waals surface area contributed by atoms with Crippen molar-refractivity contribution >= 4 is 64.9 Å². The lowest BCUT2D eigenvalue weighted by molar-refractivity contribution is -0.219. The fourth-order valence-corrected chi connectivity index (χ4v) is 7.98. The summed E-state index contributed by atoms with van der Waals surface area (Å²) in [5.74, 6) is -0.993. The molecule has 31 heteroatoms. The number of rotatable bonds is 21. The van der Waals surface area contributed by atoms with E-state index in [0.29, 0.717) is 12.3 Å². The number of nitrogens with zero attached hydrogens (tertiary/aromatic N) is 4. The maximum Gasteiger partial charge on any atom is 0.481 e. The van der Waals surface area contributed by atoms with Crippen molar-refractivity contribution in [1.29, 1.82) is 0 Å². The van der Waals surface area contributed by atoms with Gasteiger partial charge in [0.15, 0.2) is 24.0 Å². The molecule has 0 bridgehead atoms. The molecule has 0 radical (unpaired) electrons. The first-order valence-electron chi connectivity index (χ1n) is 16.6. The number of anilines is 1. The number of aromatic nitrogens is 4. The van der Waals surface area contributed by atoms with Gasteiger partial charge in [0.25, 0.3) is 0 Å². The van der Waals surface area contributed by atoms with Crippen molar-refractivity contribution in [2.24, 2.45) is 5.41 Å². The van der Waals surface area contributed by atoms with Gasteiger partial charge in [-0.3, -0.25) is 27.7 Å². The third-order valence-corrected chi connectivity index (χ3v) is 11.6. The maximum absolute atomic E-state index is 12.8. The summed E-state index contributed by atoms with van der Waals surface area (Å²) in [6, 6.07) is 0. The van der Waals surface area contributed by atoms with E-state index < -0.39 is 110 Å². The minimum absolute atomic E-state index is 0.0306. The van der Waals surface area contributed by atoms with Crippen LogP contribution in [0.15, 0.2) is 12.7 Å². The standard InChI is InChI=1S/C26H44N7O20P3S/c1-26(2,20(38)23(39)29-4-3-14(34)28-5-6-57)9-49-56(45,46)53-55(43,44)48-8-13-17(36)19(24(50-13)33-11-32-15-21(27)30-10-31-22(15)33)52-25-18(37)16(35)12(51-25)7-47-54(40,41)42/h10-13,16-20,24-25,35-38,57H,3-9H2,1-2H3,(H,28,34)(H,29,39)(H,43,44)(H,45,46)(H2,27,30,31)(H2,40,41,42). The first-order valence-corrected chi connectivity index (χ1v) is 21.7. The van der Waals surface area contributed by atoms with Gasteiger partial charge >= 0.3 is 23.5 Å². The number of phosphoric acid groups is 3. The monoisotopic (exact) mass is 899 g/mol. The van der Waals surface area contributed by atoms with Crippen LogP contribution in [-0.4, -0.2) is 159 Å². The number of phosphoric ester groups is 3. The van der Waals surface area contributed by atoms with Crippen LogP contribution in [-0.2, 0) is 55.4 Å². The molecule has 57 heavy (non-hydrogen) atoms.